The number of rotatable bonds is 2. The molecule has 19 heavy (non-hydrogen) atoms. The maximum atomic E-state index is 11.4. The summed E-state index contributed by atoms with van der Waals surface area (Å²) in [5.74, 6) is 0.0512. The van der Waals surface area contributed by atoms with Gasteiger partial charge in [-0.25, -0.2) is 0 Å². The number of carbonyl (C=O) groups excluding carboxylic acids is 1. The summed E-state index contributed by atoms with van der Waals surface area (Å²) in [5, 5.41) is 0. The average Bonchev–Trinajstić information content (AvgIpc) is 2.80. The van der Waals surface area contributed by atoms with Gasteiger partial charge in [0.15, 0.2) is 5.78 Å². The molecule has 2 aromatic rings. The maximum Gasteiger partial charge on any atom is 0.161 e. The molecule has 0 amide bonds. The second-order valence-corrected chi connectivity index (χ2v) is 5.03. The number of nitrogens with zero attached hydrogens (tertiary/aromatic N) is 2. The van der Waals surface area contributed by atoms with Crippen molar-refractivity contribution in [3.05, 3.63) is 47.8 Å². The van der Waals surface area contributed by atoms with Crippen LogP contribution in [0.25, 0.3) is 11.1 Å². The van der Waals surface area contributed by atoms with Crippen molar-refractivity contribution in [1.29, 1.82) is 0 Å². The highest BCUT2D eigenvalue weighted by Gasteiger charge is 2.16. The van der Waals surface area contributed by atoms with E-state index < -0.39 is 0 Å². The van der Waals surface area contributed by atoms with Gasteiger partial charge >= 0.3 is 0 Å². The predicted molar refractivity (Wildman–Crippen MR) is 76.7 cm³/mol. The molecule has 1 aliphatic heterocycles. The molecule has 0 unspecified atom stereocenters. The lowest BCUT2D eigenvalue weighted by Crippen LogP contribution is -2.12. The Kier molecular flexibility index (Phi) is 2.82. The van der Waals surface area contributed by atoms with Gasteiger partial charge < -0.3 is 4.90 Å². The number of anilines is 1. The Hall–Kier alpha value is -2.16. The van der Waals surface area contributed by atoms with Gasteiger partial charge in [-0.1, -0.05) is 6.07 Å². The van der Waals surface area contributed by atoms with Crippen LogP contribution >= 0.6 is 0 Å². The molecule has 3 heteroatoms. The SMILES string of the molecule is CC(=O)c1cncc(-c2ccc3c(c2)CCN3C)c1. The summed E-state index contributed by atoms with van der Waals surface area (Å²) in [6.07, 6.45) is 4.51. The summed E-state index contributed by atoms with van der Waals surface area (Å²) in [6.45, 7) is 2.64. The standard InChI is InChI=1S/C16H16N2O/c1-11(19)14-8-15(10-17-9-14)12-3-4-16-13(7-12)5-6-18(16)2/h3-4,7-10H,5-6H2,1-2H3. The van der Waals surface area contributed by atoms with Crippen LogP contribution in [0.5, 0.6) is 0 Å². The third kappa shape index (κ3) is 2.12. The number of ketones is 1. The summed E-state index contributed by atoms with van der Waals surface area (Å²) in [5.41, 5.74) is 5.47. The van der Waals surface area contributed by atoms with Gasteiger partial charge in [-0.15, -0.1) is 0 Å². The van der Waals surface area contributed by atoms with Crippen LogP contribution in [-0.2, 0) is 6.42 Å². The molecule has 0 saturated heterocycles. The fourth-order valence-corrected chi connectivity index (χ4v) is 2.54. The summed E-state index contributed by atoms with van der Waals surface area (Å²) in [6, 6.07) is 8.37. The number of fused-ring (bicyclic) bond motifs is 1. The minimum atomic E-state index is 0.0512. The smallest absolute Gasteiger partial charge is 0.161 e. The molecule has 0 saturated carbocycles. The zero-order chi connectivity index (χ0) is 13.4. The van der Waals surface area contributed by atoms with E-state index in [0.717, 1.165) is 24.1 Å². The summed E-state index contributed by atoms with van der Waals surface area (Å²) in [4.78, 5) is 17.8. The molecule has 1 aromatic carbocycles. The molecule has 1 aliphatic rings. The Morgan fingerprint density at radius 1 is 1.21 bits per heavy atom. The van der Waals surface area contributed by atoms with Crippen LogP contribution in [-0.4, -0.2) is 24.4 Å². The van der Waals surface area contributed by atoms with Crippen molar-refractivity contribution in [3.63, 3.8) is 0 Å². The highest BCUT2D eigenvalue weighted by molar-refractivity contribution is 5.94. The normalized spacial score (nSPS) is 13.5. The van der Waals surface area contributed by atoms with E-state index in [1.165, 1.54) is 11.3 Å². The first-order chi connectivity index (χ1) is 9.15. The van der Waals surface area contributed by atoms with Gasteiger partial charge in [-0.05, 0) is 42.7 Å². The third-order valence-electron chi connectivity index (χ3n) is 3.69. The Bertz CT molecular complexity index is 649. The molecular formula is C16H16N2O. The number of benzene rings is 1. The van der Waals surface area contributed by atoms with Crippen molar-refractivity contribution in [2.45, 2.75) is 13.3 Å². The molecule has 0 radical (unpaired) electrons. The van der Waals surface area contributed by atoms with E-state index >= 15 is 0 Å². The van der Waals surface area contributed by atoms with E-state index in [1.807, 2.05) is 12.3 Å². The Balaban J connectivity index is 2.03. The van der Waals surface area contributed by atoms with Crippen LogP contribution in [0, 0.1) is 0 Å². The van der Waals surface area contributed by atoms with Crippen molar-refractivity contribution < 1.29 is 4.79 Å². The van der Waals surface area contributed by atoms with Crippen LogP contribution in [0.1, 0.15) is 22.8 Å². The molecule has 0 aliphatic carbocycles. The minimum Gasteiger partial charge on any atom is -0.374 e. The second kappa shape index (κ2) is 4.50. The molecule has 0 fully saturated rings. The van der Waals surface area contributed by atoms with E-state index in [-0.39, 0.29) is 5.78 Å². The summed E-state index contributed by atoms with van der Waals surface area (Å²) >= 11 is 0. The number of hydrogen-bond donors (Lipinski definition) is 0. The monoisotopic (exact) mass is 252 g/mol. The first kappa shape index (κ1) is 11.9. The largest absolute Gasteiger partial charge is 0.374 e. The molecule has 1 aromatic heterocycles. The van der Waals surface area contributed by atoms with Crippen LogP contribution < -0.4 is 4.90 Å². The van der Waals surface area contributed by atoms with Gasteiger partial charge in [0.05, 0.1) is 0 Å². The summed E-state index contributed by atoms with van der Waals surface area (Å²) < 4.78 is 0. The lowest BCUT2D eigenvalue weighted by atomic mass is 10.0. The first-order valence-electron chi connectivity index (χ1n) is 6.45. The van der Waals surface area contributed by atoms with E-state index in [9.17, 15) is 4.79 Å². The fourth-order valence-electron chi connectivity index (χ4n) is 2.54. The maximum absolute atomic E-state index is 11.4. The van der Waals surface area contributed by atoms with Crippen LogP contribution in [0.3, 0.4) is 0 Å². The zero-order valence-corrected chi connectivity index (χ0v) is 11.2. The number of pyridine rings is 1. The van der Waals surface area contributed by atoms with E-state index in [0.29, 0.717) is 5.56 Å². The predicted octanol–water partition coefficient (Wildman–Crippen LogP) is 2.94. The van der Waals surface area contributed by atoms with Gasteiger partial charge in [0.2, 0.25) is 0 Å². The molecule has 0 spiro atoms. The number of hydrogen-bond acceptors (Lipinski definition) is 3. The lowest BCUT2D eigenvalue weighted by Gasteiger charge is -2.12. The van der Waals surface area contributed by atoms with Crippen LogP contribution in [0.2, 0.25) is 0 Å². The number of likely N-dealkylation sites (N-methyl/N-ethyl adjacent to an activating group) is 1. The van der Waals surface area contributed by atoms with E-state index in [2.05, 4.69) is 35.1 Å². The van der Waals surface area contributed by atoms with Crippen molar-refractivity contribution in [3.8, 4) is 11.1 Å². The summed E-state index contributed by atoms with van der Waals surface area (Å²) in [7, 11) is 2.11. The minimum absolute atomic E-state index is 0.0512. The first-order valence-corrected chi connectivity index (χ1v) is 6.45. The van der Waals surface area contributed by atoms with E-state index in [4.69, 9.17) is 0 Å². The molecule has 0 N–H and O–H groups in total. The molecule has 96 valence electrons. The van der Waals surface area contributed by atoms with Gasteiger partial charge in [-0.2, -0.15) is 0 Å². The molecule has 2 heterocycles. The zero-order valence-electron chi connectivity index (χ0n) is 11.2. The Morgan fingerprint density at radius 3 is 2.84 bits per heavy atom. The highest BCUT2D eigenvalue weighted by atomic mass is 16.1. The number of carbonyl (C=O) groups is 1. The second-order valence-electron chi connectivity index (χ2n) is 5.03. The van der Waals surface area contributed by atoms with Gasteiger partial charge in [0.25, 0.3) is 0 Å². The highest BCUT2D eigenvalue weighted by Crippen LogP contribution is 2.31. The van der Waals surface area contributed by atoms with Crippen molar-refractivity contribution in [2.75, 3.05) is 18.5 Å². The average molecular weight is 252 g/mol. The van der Waals surface area contributed by atoms with Crippen molar-refractivity contribution in [2.24, 2.45) is 0 Å². The van der Waals surface area contributed by atoms with Crippen LogP contribution in [0.4, 0.5) is 5.69 Å². The lowest BCUT2D eigenvalue weighted by molar-refractivity contribution is 0.101. The third-order valence-corrected chi connectivity index (χ3v) is 3.69. The molecule has 0 bridgehead atoms. The van der Waals surface area contributed by atoms with Crippen molar-refractivity contribution >= 4 is 11.5 Å². The van der Waals surface area contributed by atoms with E-state index in [1.54, 1.807) is 13.1 Å². The quantitative estimate of drug-likeness (QED) is 0.770. The molecule has 3 nitrogen and oxygen atoms in total. The van der Waals surface area contributed by atoms with Crippen LogP contribution in [0.15, 0.2) is 36.7 Å². The van der Waals surface area contributed by atoms with Gasteiger partial charge in [0.1, 0.15) is 0 Å². The van der Waals surface area contributed by atoms with Gasteiger partial charge in [-0.3, -0.25) is 9.78 Å². The molecule has 3 rings (SSSR count). The topological polar surface area (TPSA) is 33.2 Å². The van der Waals surface area contributed by atoms with Crippen molar-refractivity contribution in [1.82, 2.24) is 4.98 Å². The Morgan fingerprint density at radius 2 is 2.05 bits per heavy atom. The molecule has 0 atom stereocenters. The number of aromatic nitrogens is 1. The Labute approximate surface area is 112 Å². The fraction of sp³-hybridized carbons (Fsp3) is 0.250. The number of Topliss-reactive ketones (excluding diaryl/α,β-unsaturated/α-hetero) is 1. The molecular weight excluding hydrogens is 236 g/mol. The van der Waals surface area contributed by atoms with Gasteiger partial charge in [0, 0.05) is 42.8 Å².